The lowest BCUT2D eigenvalue weighted by atomic mass is 9.89. The minimum Gasteiger partial charge on any atom is -0.448 e. The van der Waals surface area contributed by atoms with Gasteiger partial charge in [0.2, 0.25) is 0 Å². The lowest BCUT2D eigenvalue weighted by molar-refractivity contribution is -0.137. The Labute approximate surface area is 140 Å². The van der Waals surface area contributed by atoms with Gasteiger partial charge < -0.3 is 10.5 Å². The van der Waals surface area contributed by atoms with Gasteiger partial charge >= 0.3 is 12.3 Å². The molecule has 1 aliphatic rings. The van der Waals surface area contributed by atoms with E-state index in [9.17, 15) is 18.0 Å². The molecule has 1 aliphatic heterocycles. The first-order valence-electron chi connectivity index (χ1n) is 7.25. The molecule has 23 heavy (non-hydrogen) atoms. The second-order valence-electron chi connectivity index (χ2n) is 5.44. The average molecular weight is 395 g/mol. The first kappa shape index (κ1) is 18.1. The largest absolute Gasteiger partial charge is 0.448 e. The van der Waals surface area contributed by atoms with Gasteiger partial charge in [0.1, 0.15) is 6.61 Å². The van der Waals surface area contributed by atoms with E-state index < -0.39 is 23.5 Å². The van der Waals surface area contributed by atoms with Crippen LogP contribution in [0.3, 0.4) is 0 Å². The third kappa shape index (κ3) is 3.63. The van der Waals surface area contributed by atoms with Crippen molar-refractivity contribution >= 4 is 27.7 Å². The van der Waals surface area contributed by atoms with Crippen molar-refractivity contribution in [3.63, 3.8) is 0 Å². The molecule has 4 nitrogen and oxygen atoms in total. The topological polar surface area (TPSA) is 55.6 Å². The Bertz CT molecular complexity index is 595. The number of fused-ring (bicyclic) bond motifs is 1. The summed E-state index contributed by atoms with van der Waals surface area (Å²) in [6.45, 7) is 1.99. The number of hydrogen-bond donors (Lipinski definition) is 1. The first-order valence-corrected chi connectivity index (χ1v) is 8.37. The highest BCUT2D eigenvalue weighted by Crippen LogP contribution is 2.40. The summed E-state index contributed by atoms with van der Waals surface area (Å²) in [5, 5.41) is 0.468. The third-order valence-electron chi connectivity index (χ3n) is 4.02. The number of alkyl halides is 4. The predicted molar refractivity (Wildman–Crippen MR) is 84.6 cm³/mol. The zero-order chi connectivity index (χ0) is 17.3. The molecule has 2 N–H and O–H groups in total. The number of rotatable bonds is 3. The number of anilines is 1. The summed E-state index contributed by atoms with van der Waals surface area (Å²) in [6.07, 6.45) is -3.84. The summed E-state index contributed by atoms with van der Waals surface area (Å²) >= 11 is 3.16. The summed E-state index contributed by atoms with van der Waals surface area (Å²) < 4.78 is 43.7. The van der Waals surface area contributed by atoms with Crippen LogP contribution in [0.4, 0.5) is 23.7 Å². The molecule has 0 spiro atoms. The van der Waals surface area contributed by atoms with Crippen LogP contribution >= 0.6 is 15.9 Å². The molecule has 0 aliphatic carbocycles. The van der Waals surface area contributed by atoms with Crippen LogP contribution in [-0.4, -0.2) is 23.7 Å². The van der Waals surface area contributed by atoms with Crippen LogP contribution < -0.4 is 10.6 Å². The van der Waals surface area contributed by atoms with E-state index in [0.29, 0.717) is 35.8 Å². The standard InChI is InChI=1S/C15H18BrF3N2O2/c1-2-14(20)6-5-10-9-11(15(17,18)19)3-4-12(10)21(14)13(22)23-8-7-16/h3-4,9H,2,5-8,20H2,1H3. The molecule has 1 heterocycles. The number of carbonyl (C=O) groups is 1. The minimum absolute atomic E-state index is 0.158. The summed E-state index contributed by atoms with van der Waals surface area (Å²) in [5.74, 6) is 0. The Hall–Kier alpha value is -1.28. The van der Waals surface area contributed by atoms with E-state index in [1.807, 2.05) is 6.92 Å². The quantitative estimate of drug-likeness (QED) is 0.786. The highest BCUT2D eigenvalue weighted by Gasteiger charge is 2.42. The number of nitrogens with two attached hydrogens (primary N) is 1. The molecule has 8 heteroatoms. The highest BCUT2D eigenvalue weighted by atomic mass is 79.9. The molecule has 1 aromatic rings. The third-order valence-corrected chi connectivity index (χ3v) is 4.34. The van der Waals surface area contributed by atoms with Crippen LogP contribution in [0, 0.1) is 0 Å². The van der Waals surface area contributed by atoms with E-state index in [1.54, 1.807) is 0 Å². The number of halogens is 4. The molecule has 0 saturated heterocycles. The Kier molecular flexibility index (Phi) is 5.25. The van der Waals surface area contributed by atoms with Gasteiger partial charge in [-0.15, -0.1) is 0 Å². The van der Waals surface area contributed by atoms with Gasteiger partial charge in [0.15, 0.2) is 0 Å². The van der Waals surface area contributed by atoms with Gasteiger partial charge in [-0.05, 0) is 43.0 Å². The summed E-state index contributed by atoms with van der Waals surface area (Å²) in [6, 6.07) is 3.34. The van der Waals surface area contributed by atoms with E-state index >= 15 is 0 Å². The second kappa shape index (κ2) is 6.68. The fourth-order valence-electron chi connectivity index (χ4n) is 2.69. The molecule has 0 radical (unpaired) electrons. The Morgan fingerprint density at radius 3 is 2.74 bits per heavy atom. The molecule has 1 atom stereocenters. The average Bonchev–Trinajstić information content (AvgIpc) is 2.51. The van der Waals surface area contributed by atoms with E-state index in [1.165, 1.54) is 11.0 Å². The normalized spacial score (nSPS) is 21.0. The van der Waals surface area contributed by atoms with Crippen molar-refractivity contribution in [1.82, 2.24) is 0 Å². The number of ether oxygens (including phenoxy) is 1. The van der Waals surface area contributed by atoms with Gasteiger partial charge in [0.25, 0.3) is 0 Å². The molecule has 2 rings (SSSR count). The van der Waals surface area contributed by atoms with Crippen LogP contribution in [0.2, 0.25) is 0 Å². The van der Waals surface area contributed by atoms with E-state index in [4.69, 9.17) is 10.5 Å². The van der Waals surface area contributed by atoms with Crippen molar-refractivity contribution in [2.45, 2.75) is 38.0 Å². The zero-order valence-corrected chi connectivity index (χ0v) is 14.2. The fraction of sp³-hybridized carbons (Fsp3) is 0.533. The lowest BCUT2D eigenvalue weighted by Crippen LogP contribution is -2.61. The Morgan fingerprint density at radius 1 is 1.48 bits per heavy atom. The Balaban J connectivity index is 2.44. The van der Waals surface area contributed by atoms with Crippen molar-refractivity contribution in [2.75, 3.05) is 16.8 Å². The number of amides is 1. The maximum Gasteiger partial charge on any atom is 0.416 e. The number of benzene rings is 1. The number of hydrogen-bond acceptors (Lipinski definition) is 3. The van der Waals surface area contributed by atoms with Crippen LogP contribution in [-0.2, 0) is 17.3 Å². The van der Waals surface area contributed by atoms with Crippen LogP contribution in [0.25, 0.3) is 0 Å². The van der Waals surface area contributed by atoms with Crippen LogP contribution in [0.15, 0.2) is 18.2 Å². The number of nitrogens with zero attached hydrogens (tertiary/aromatic N) is 1. The van der Waals surface area contributed by atoms with E-state index in [2.05, 4.69) is 15.9 Å². The molecule has 0 saturated carbocycles. The SMILES string of the molecule is CCC1(N)CCc2cc(C(F)(F)F)ccc2N1C(=O)OCCBr. The van der Waals surface area contributed by atoms with Gasteiger partial charge in [0.05, 0.1) is 16.9 Å². The molecule has 128 valence electrons. The molecule has 0 bridgehead atoms. The minimum atomic E-state index is -4.42. The van der Waals surface area contributed by atoms with Gasteiger partial charge in [-0.2, -0.15) is 13.2 Å². The first-order chi connectivity index (χ1) is 10.7. The number of aryl methyl sites for hydroxylation is 1. The number of carbonyl (C=O) groups excluding carboxylic acids is 1. The highest BCUT2D eigenvalue weighted by molar-refractivity contribution is 9.09. The zero-order valence-electron chi connectivity index (χ0n) is 12.6. The molecule has 1 aromatic carbocycles. The predicted octanol–water partition coefficient (Wildman–Crippen LogP) is 4.05. The van der Waals surface area contributed by atoms with E-state index in [-0.39, 0.29) is 6.61 Å². The van der Waals surface area contributed by atoms with Gasteiger partial charge in [-0.1, -0.05) is 22.9 Å². The summed E-state index contributed by atoms with van der Waals surface area (Å²) in [5.41, 5.74) is 5.44. The van der Waals surface area contributed by atoms with Crippen LogP contribution in [0.5, 0.6) is 0 Å². The monoisotopic (exact) mass is 394 g/mol. The summed E-state index contributed by atoms with van der Waals surface area (Å²) in [4.78, 5) is 13.6. The lowest BCUT2D eigenvalue weighted by Gasteiger charge is -2.44. The maximum atomic E-state index is 12.9. The van der Waals surface area contributed by atoms with Gasteiger partial charge in [-0.3, -0.25) is 4.90 Å². The summed E-state index contributed by atoms with van der Waals surface area (Å²) in [7, 11) is 0. The molecule has 1 unspecified atom stereocenters. The van der Waals surface area contributed by atoms with Gasteiger partial charge in [-0.25, -0.2) is 4.79 Å². The van der Waals surface area contributed by atoms with Gasteiger partial charge in [0, 0.05) is 5.33 Å². The molecule has 0 aromatic heterocycles. The fourth-order valence-corrected chi connectivity index (χ4v) is 2.85. The smallest absolute Gasteiger partial charge is 0.416 e. The van der Waals surface area contributed by atoms with Crippen LogP contribution in [0.1, 0.15) is 30.9 Å². The van der Waals surface area contributed by atoms with E-state index in [0.717, 1.165) is 12.1 Å². The molecular formula is C15H18BrF3N2O2. The van der Waals surface area contributed by atoms with Crippen molar-refractivity contribution in [2.24, 2.45) is 5.73 Å². The Morgan fingerprint density at radius 2 is 2.17 bits per heavy atom. The van der Waals surface area contributed by atoms with Crippen molar-refractivity contribution < 1.29 is 22.7 Å². The van der Waals surface area contributed by atoms with Crippen molar-refractivity contribution in [1.29, 1.82) is 0 Å². The molecule has 0 fully saturated rings. The molecule has 1 amide bonds. The maximum absolute atomic E-state index is 12.9. The van der Waals surface area contributed by atoms with Crippen molar-refractivity contribution in [3.8, 4) is 0 Å². The second-order valence-corrected chi connectivity index (χ2v) is 6.23. The molecular weight excluding hydrogens is 377 g/mol. The van der Waals surface area contributed by atoms with Crippen molar-refractivity contribution in [3.05, 3.63) is 29.3 Å².